The fourth-order valence-electron chi connectivity index (χ4n) is 2.83. The lowest BCUT2D eigenvalue weighted by molar-refractivity contribution is -0.384. The first-order valence-electron chi connectivity index (χ1n) is 7.48. The Morgan fingerprint density at radius 1 is 1.26 bits per heavy atom. The maximum Gasteiger partial charge on any atom is 0.414 e. The summed E-state index contributed by atoms with van der Waals surface area (Å²) in [6.07, 6.45) is -5.46. The Morgan fingerprint density at radius 3 is 2.30 bits per heavy atom. The summed E-state index contributed by atoms with van der Waals surface area (Å²) in [5, 5.41) is 19.8. The lowest BCUT2D eigenvalue weighted by Crippen LogP contribution is -2.43. The molecular weight excluding hydrogens is 313 g/mol. The summed E-state index contributed by atoms with van der Waals surface area (Å²) < 4.78 is 37.4. The summed E-state index contributed by atoms with van der Waals surface area (Å²) in [6, 6.07) is 6.28. The molecule has 23 heavy (non-hydrogen) atoms. The molecular formula is C15H19F3N2O3. The number of benzene rings is 1. The van der Waals surface area contributed by atoms with Crippen LogP contribution in [-0.2, 0) is 6.42 Å². The van der Waals surface area contributed by atoms with E-state index in [9.17, 15) is 28.4 Å². The molecule has 0 radical (unpaired) electrons. The van der Waals surface area contributed by atoms with Gasteiger partial charge in [0.1, 0.15) is 0 Å². The van der Waals surface area contributed by atoms with Crippen molar-refractivity contribution in [1.82, 2.24) is 4.90 Å². The Labute approximate surface area is 131 Å². The summed E-state index contributed by atoms with van der Waals surface area (Å²) in [4.78, 5) is 12.2. The number of alkyl halides is 3. The van der Waals surface area contributed by atoms with Gasteiger partial charge >= 0.3 is 6.18 Å². The maximum atomic E-state index is 12.5. The standard InChI is InChI=1S/C15H19F3N2O3/c16-15(17,18)14(21)12-6-9-19(10-7-12)8-5-11-1-3-13(4-2-11)20(22)23/h1-4,12,14,21H,5-10H2. The van der Waals surface area contributed by atoms with Crippen LogP contribution >= 0.6 is 0 Å². The van der Waals surface area contributed by atoms with E-state index < -0.39 is 23.1 Å². The minimum atomic E-state index is -4.55. The van der Waals surface area contributed by atoms with Gasteiger partial charge in [0.15, 0.2) is 6.10 Å². The van der Waals surface area contributed by atoms with Gasteiger partial charge in [-0.3, -0.25) is 10.1 Å². The number of non-ortho nitro benzene ring substituents is 1. The van der Waals surface area contributed by atoms with Crippen LogP contribution in [0, 0.1) is 16.0 Å². The van der Waals surface area contributed by atoms with Gasteiger partial charge in [0.25, 0.3) is 5.69 Å². The zero-order chi connectivity index (χ0) is 17.0. The highest BCUT2D eigenvalue weighted by molar-refractivity contribution is 5.32. The Bertz CT molecular complexity index is 526. The van der Waals surface area contributed by atoms with E-state index in [1.165, 1.54) is 12.1 Å². The van der Waals surface area contributed by atoms with Crippen LogP contribution in [0.2, 0.25) is 0 Å². The molecule has 1 saturated heterocycles. The number of halogens is 3. The minimum absolute atomic E-state index is 0.0377. The quantitative estimate of drug-likeness (QED) is 0.665. The topological polar surface area (TPSA) is 66.6 Å². The second kappa shape index (κ2) is 7.27. The number of nitro groups is 1. The van der Waals surface area contributed by atoms with Crippen LogP contribution in [0.25, 0.3) is 0 Å². The number of nitrogens with zero attached hydrogens (tertiary/aromatic N) is 2. The summed E-state index contributed by atoms with van der Waals surface area (Å²) in [5.74, 6) is -0.731. The SMILES string of the molecule is O=[N+]([O-])c1ccc(CCN2CCC(C(O)C(F)(F)F)CC2)cc1. The summed E-state index contributed by atoms with van der Waals surface area (Å²) in [7, 11) is 0. The molecule has 0 aliphatic carbocycles. The molecule has 1 aromatic rings. The third-order valence-corrected chi connectivity index (χ3v) is 4.28. The minimum Gasteiger partial charge on any atom is -0.383 e. The number of aliphatic hydroxyl groups is 1. The van der Waals surface area contributed by atoms with E-state index in [0.717, 1.165) is 5.56 Å². The molecule has 1 atom stereocenters. The number of aliphatic hydroxyl groups excluding tert-OH is 1. The molecule has 1 heterocycles. The van der Waals surface area contributed by atoms with Crippen LogP contribution in [0.15, 0.2) is 24.3 Å². The Balaban J connectivity index is 1.77. The second-order valence-electron chi connectivity index (χ2n) is 5.84. The average molecular weight is 332 g/mol. The molecule has 0 spiro atoms. The summed E-state index contributed by atoms with van der Waals surface area (Å²) in [6.45, 7) is 1.72. The van der Waals surface area contributed by atoms with E-state index in [0.29, 0.717) is 38.9 Å². The normalized spacial score (nSPS) is 18.8. The van der Waals surface area contributed by atoms with Gasteiger partial charge in [-0.1, -0.05) is 12.1 Å². The Kier molecular flexibility index (Phi) is 5.59. The molecule has 0 saturated carbocycles. The monoisotopic (exact) mass is 332 g/mol. The van der Waals surface area contributed by atoms with Crippen molar-refractivity contribution in [2.24, 2.45) is 5.92 Å². The molecule has 0 aromatic heterocycles. The summed E-state index contributed by atoms with van der Waals surface area (Å²) >= 11 is 0. The van der Waals surface area contributed by atoms with Crippen molar-refractivity contribution < 1.29 is 23.2 Å². The molecule has 5 nitrogen and oxygen atoms in total. The number of likely N-dealkylation sites (tertiary alicyclic amines) is 1. The molecule has 128 valence electrons. The zero-order valence-corrected chi connectivity index (χ0v) is 12.5. The molecule has 1 aliphatic rings. The molecule has 0 amide bonds. The van der Waals surface area contributed by atoms with Crippen molar-refractivity contribution in [3.63, 3.8) is 0 Å². The van der Waals surface area contributed by atoms with E-state index in [1.54, 1.807) is 12.1 Å². The molecule has 1 aliphatic heterocycles. The van der Waals surface area contributed by atoms with Crippen LogP contribution in [0.4, 0.5) is 18.9 Å². The number of hydrogen-bond acceptors (Lipinski definition) is 4. The van der Waals surface area contributed by atoms with Gasteiger partial charge in [0.2, 0.25) is 0 Å². The van der Waals surface area contributed by atoms with Gasteiger partial charge in [-0.25, -0.2) is 0 Å². The maximum absolute atomic E-state index is 12.5. The predicted octanol–water partition coefficient (Wildman–Crippen LogP) is 2.77. The third kappa shape index (κ3) is 4.90. The van der Waals surface area contributed by atoms with E-state index in [4.69, 9.17) is 0 Å². The van der Waals surface area contributed by atoms with Gasteiger partial charge in [-0.15, -0.1) is 0 Å². The number of nitro benzene ring substituents is 1. The second-order valence-corrected chi connectivity index (χ2v) is 5.84. The van der Waals surface area contributed by atoms with Gasteiger partial charge < -0.3 is 10.0 Å². The van der Waals surface area contributed by atoms with Crippen molar-refractivity contribution in [1.29, 1.82) is 0 Å². The lowest BCUT2D eigenvalue weighted by Gasteiger charge is -2.34. The molecule has 1 N–H and O–H groups in total. The highest BCUT2D eigenvalue weighted by atomic mass is 19.4. The number of hydrogen-bond donors (Lipinski definition) is 1. The predicted molar refractivity (Wildman–Crippen MR) is 78.0 cm³/mol. The van der Waals surface area contributed by atoms with E-state index in [-0.39, 0.29) is 5.69 Å². The zero-order valence-electron chi connectivity index (χ0n) is 12.5. The van der Waals surface area contributed by atoms with Gasteiger partial charge in [0, 0.05) is 18.7 Å². The lowest BCUT2D eigenvalue weighted by atomic mass is 9.90. The highest BCUT2D eigenvalue weighted by Crippen LogP contribution is 2.31. The molecule has 8 heteroatoms. The largest absolute Gasteiger partial charge is 0.414 e. The van der Waals surface area contributed by atoms with Crippen molar-refractivity contribution in [3.8, 4) is 0 Å². The van der Waals surface area contributed by atoms with Gasteiger partial charge in [-0.05, 0) is 43.8 Å². The third-order valence-electron chi connectivity index (χ3n) is 4.28. The van der Waals surface area contributed by atoms with Crippen LogP contribution in [0.3, 0.4) is 0 Å². The van der Waals surface area contributed by atoms with Crippen LogP contribution in [-0.4, -0.2) is 46.8 Å². The first-order chi connectivity index (χ1) is 10.8. The highest BCUT2D eigenvalue weighted by Gasteiger charge is 2.44. The smallest absolute Gasteiger partial charge is 0.383 e. The number of piperidine rings is 1. The van der Waals surface area contributed by atoms with E-state index in [2.05, 4.69) is 4.90 Å². The van der Waals surface area contributed by atoms with Crippen LogP contribution < -0.4 is 0 Å². The first kappa shape index (κ1) is 17.7. The molecule has 1 fully saturated rings. The molecule has 2 rings (SSSR count). The molecule has 0 bridgehead atoms. The van der Waals surface area contributed by atoms with Gasteiger partial charge in [0.05, 0.1) is 4.92 Å². The Morgan fingerprint density at radius 2 is 1.83 bits per heavy atom. The van der Waals surface area contributed by atoms with Crippen molar-refractivity contribution in [3.05, 3.63) is 39.9 Å². The average Bonchev–Trinajstić information content (AvgIpc) is 2.52. The van der Waals surface area contributed by atoms with Crippen LogP contribution in [0.1, 0.15) is 18.4 Å². The van der Waals surface area contributed by atoms with E-state index >= 15 is 0 Å². The summed E-state index contributed by atoms with van der Waals surface area (Å²) in [5.41, 5.74) is 0.990. The van der Waals surface area contributed by atoms with Gasteiger partial charge in [-0.2, -0.15) is 13.2 Å². The first-order valence-corrected chi connectivity index (χ1v) is 7.48. The molecule has 1 aromatic carbocycles. The fourth-order valence-corrected chi connectivity index (χ4v) is 2.83. The molecule has 1 unspecified atom stereocenters. The Hall–Kier alpha value is -1.67. The van der Waals surface area contributed by atoms with Crippen molar-refractivity contribution in [2.45, 2.75) is 31.5 Å². The number of rotatable bonds is 5. The van der Waals surface area contributed by atoms with Crippen LogP contribution in [0.5, 0.6) is 0 Å². The van der Waals surface area contributed by atoms with E-state index in [1.807, 2.05) is 0 Å². The van der Waals surface area contributed by atoms with Crippen molar-refractivity contribution >= 4 is 5.69 Å². The fraction of sp³-hybridized carbons (Fsp3) is 0.600. The van der Waals surface area contributed by atoms with Crippen molar-refractivity contribution in [2.75, 3.05) is 19.6 Å².